The molecule has 1 heterocycles. The van der Waals surface area contributed by atoms with Crippen molar-refractivity contribution in [1.82, 2.24) is 4.98 Å². The number of fused-ring (bicyclic) bond motifs is 1. The van der Waals surface area contributed by atoms with Crippen LogP contribution in [0.1, 0.15) is 17.7 Å². The predicted molar refractivity (Wildman–Crippen MR) is 45.3 cm³/mol. The van der Waals surface area contributed by atoms with Gasteiger partial charge in [0.1, 0.15) is 0 Å². The molecule has 2 rings (SSSR count). The molecule has 1 aromatic rings. The first-order valence-electron chi connectivity index (χ1n) is 3.91. The summed E-state index contributed by atoms with van der Waals surface area (Å²) < 4.78 is 0. The molecule has 1 aliphatic carbocycles. The summed E-state index contributed by atoms with van der Waals surface area (Å²) in [4.78, 5) is 4.09. The van der Waals surface area contributed by atoms with E-state index in [1.165, 1.54) is 0 Å². The highest BCUT2D eigenvalue weighted by molar-refractivity contribution is 5.36. The molecule has 1 atom stereocenters. The van der Waals surface area contributed by atoms with Gasteiger partial charge in [0.15, 0.2) is 5.60 Å². The van der Waals surface area contributed by atoms with Crippen LogP contribution in [0.25, 0.3) is 0 Å². The highest BCUT2D eigenvalue weighted by Crippen LogP contribution is 2.33. The van der Waals surface area contributed by atoms with Gasteiger partial charge in [-0.2, -0.15) is 0 Å². The van der Waals surface area contributed by atoms with Gasteiger partial charge in [0, 0.05) is 6.20 Å². The van der Waals surface area contributed by atoms with Gasteiger partial charge in [0.2, 0.25) is 0 Å². The average molecular weight is 159 g/mol. The maximum atomic E-state index is 9.85. The van der Waals surface area contributed by atoms with Crippen molar-refractivity contribution in [3.63, 3.8) is 0 Å². The molecule has 0 radical (unpaired) electrons. The highest BCUT2D eigenvalue weighted by atomic mass is 16.3. The minimum atomic E-state index is -1.11. The number of nitrogens with zero attached hydrogens (tertiary/aromatic N) is 1. The Morgan fingerprint density at radius 2 is 2.50 bits per heavy atom. The van der Waals surface area contributed by atoms with E-state index in [0.717, 1.165) is 12.0 Å². The van der Waals surface area contributed by atoms with Crippen molar-refractivity contribution in [2.75, 3.05) is 0 Å². The second-order valence-corrected chi connectivity index (χ2v) is 3.02. The van der Waals surface area contributed by atoms with Crippen molar-refractivity contribution in [1.29, 1.82) is 0 Å². The maximum absolute atomic E-state index is 9.85. The van der Waals surface area contributed by atoms with E-state index in [0.29, 0.717) is 12.1 Å². The summed E-state index contributed by atoms with van der Waals surface area (Å²) in [6.07, 6.45) is 8.32. The van der Waals surface area contributed by atoms with Crippen molar-refractivity contribution in [3.8, 4) is 12.3 Å². The van der Waals surface area contributed by atoms with E-state index < -0.39 is 5.60 Å². The second-order valence-electron chi connectivity index (χ2n) is 3.02. The van der Waals surface area contributed by atoms with Gasteiger partial charge < -0.3 is 5.11 Å². The molecule has 1 aromatic heterocycles. The molecule has 0 unspecified atom stereocenters. The number of aliphatic hydroxyl groups is 1. The summed E-state index contributed by atoms with van der Waals surface area (Å²) in [5.41, 5.74) is 0.613. The monoisotopic (exact) mass is 159 g/mol. The van der Waals surface area contributed by atoms with Crippen molar-refractivity contribution in [3.05, 3.63) is 29.6 Å². The molecule has 0 saturated heterocycles. The van der Waals surface area contributed by atoms with E-state index in [-0.39, 0.29) is 0 Å². The van der Waals surface area contributed by atoms with E-state index >= 15 is 0 Å². The molecule has 60 valence electrons. The summed E-state index contributed by atoms with van der Waals surface area (Å²) in [6, 6.07) is 3.82. The lowest BCUT2D eigenvalue weighted by Crippen LogP contribution is -2.20. The van der Waals surface area contributed by atoms with Crippen molar-refractivity contribution in [2.24, 2.45) is 0 Å². The van der Waals surface area contributed by atoms with Crippen LogP contribution in [-0.2, 0) is 12.0 Å². The maximum Gasteiger partial charge on any atom is 0.167 e. The summed E-state index contributed by atoms with van der Waals surface area (Å²) in [5, 5.41) is 9.85. The Labute approximate surface area is 71.3 Å². The number of rotatable bonds is 0. The number of aromatic nitrogens is 1. The fourth-order valence-corrected chi connectivity index (χ4v) is 1.59. The van der Waals surface area contributed by atoms with E-state index in [4.69, 9.17) is 6.42 Å². The van der Waals surface area contributed by atoms with Crippen LogP contribution in [0.4, 0.5) is 0 Å². The molecule has 12 heavy (non-hydrogen) atoms. The number of terminal acetylenes is 1. The number of hydrogen-bond acceptors (Lipinski definition) is 2. The Bertz CT molecular complexity index is 353. The highest BCUT2D eigenvalue weighted by Gasteiger charge is 2.35. The Hall–Kier alpha value is -1.33. The van der Waals surface area contributed by atoms with Crippen LogP contribution < -0.4 is 0 Å². The molecule has 2 heteroatoms. The van der Waals surface area contributed by atoms with Gasteiger partial charge in [0.05, 0.1) is 5.69 Å². The van der Waals surface area contributed by atoms with Crippen LogP contribution in [0.2, 0.25) is 0 Å². The number of hydrogen-bond donors (Lipinski definition) is 1. The lowest BCUT2D eigenvalue weighted by molar-refractivity contribution is 0.0984. The first-order chi connectivity index (χ1) is 5.76. The van der Waals surface area contributed by atoms with E-state index in [2.05, 4.69) is 10.9 Å². The minimum Gasteiger partial charge on any atom is -0.372 e. The first-order valence-corrected chi connectivity index (χ1v) is 3.91. The van der Waals surface area contributed by atoms with Crippen molar-refractivity contribution < 1.29 is 5.11 Å². The quantitative estimate of drug-likeness (QED) is 0.569. The molecule has 1 aliphatic rings. The molecule has 2 nitrogen and oxygen atoms in total. The van der Waals surface area contributed by atoms with Gasteiger partial charge in [-0.15, -0.1) is 6.42 Å². The third-order valence-corrected chi connectivity index (χ3v) is 2.28. The fourth-order valence-electron chi connectivity index (χ4n) is 1.59. The summed E-state index contributed by atoms with van der Waals surface area (Å²) in [5.74, 6) is 2.39. The molecule has 0 aromatic carbocycles. The largest absolute Gasteiger partial charge is 0.372 e. The van der Waals surface area contributed by atoms with E-state index in [1.54, 1.807) is 6.20 Å². The SMILES string of the molecule is C#C[C@@]1(O)CCc2cccnc21. The zero-order chi connectivity index (χ0) is 8.60. The summed E-state index contributed by atoms with van der Waals surface area (Å²) >= 11 is 0. The molecule has 0 saturated carbocycles. The number of pyridine rings is 1. The number of aryl methyl sites for hydroxylation is 1. The Morgan fingerprint density at radius 3 is 3.25 bits per heavy atom. The Kier molecular flexibility index (Phi) is 1.42. The van der Waals surface area contributed by atoms with E-state index in [9.17, 15) is 5.11 Å². The lowest BCUT2D eigenvalue weighted by atomic mass is 10.0. The van der Waals surface area contributed by atoms with E-state index in [1.807, 2.05) is 12.1 Å². The first kappa shape index (κ1) is 7.33. The molecular weight excluding hydrogens is 150 g/mol. The van der Waals surface area contributed by atoms with Crippen LogP contribution >= 0.6 is 0 Å². The van der Waals surface area contributed by atoms with Crippen LogP contribution in [-0.4, -0.2) is 10.1 Å². The molecule has 0 bridgehead atoms. The van der Waals surface area contributed by atoms with Gasteiger partial charge >= 0.3 is 0 Å². The van der Waals surface area contributed by atoms with Crippen LogP contribution in [0.5, 0.6) is 0 Å². The molecule has 0 fully saturated rings. The molecule has 1 N–H and O–H groups in total. The molecule has 0 spiro atoms. The van der Waals surface area contributed by atoms with Crippen molar-refractivity contribution in [2.45, 2.75) is 18.4 Å². The smallest absolute Gasteiger partial charge is 0.167 e. The van der Waals surface area contributed by atoms with Gasteiger partial charge in [-0.1, -0.05) is 12.0 Å². The molecule has 0 aliphatic heterocycles. The Morgan fingerprint density at radius 1 is 1.67 bits per heavy atom. The third-order valence-electron chi connectivity index (χ3n) is 2.28. The predicted octanol–water partition coefficient (Wildman–Crippen LogP) is 0.849. The van der Waals surface area contributed by atoms with Crippen molar-refractivity contribution >= 4 is 0 Å². The van der Waals surface area contributed by atoms with Gasteiger partial charge in [-0.3, -0.25) is 4.98 Å². The minimum absolute atomic E-state index is 0.593. The van der Waals surface area contributed by atoms with Gasteiger partial charge in [0.25, 0.3) is 0 Å². The van der Waals surface area contributed by atoms with Crippen LogP contribution in [0, 0.1) is 12.3 Å². The van der Waals surface area contributed by atoms with Crippen LogP contribution in [0.15, 0.2) is 18.3 Å². The zero-order valence-corrected chi connectivity index (χ0v) is 6.62. The topological polar surface area (TPSA) is 33.1 Å². The third kappa shape index (κ3) is 0.838. The normalized spacial score (nSPS) is 26.3. The fraction of sp³-hybridized carbons (Fsp3) is 0.300. The average Bonchev–Trinajstić information content (AvgIpc) is 2.46. The Balaban J connectivity index is 2.58. The molecular formula is C10H9NO. The summed E-state index contributed by atoms with van der Waals surface area (Å²) in [7, 11) is 0. The van der Waals surface area contributed by atoms with Crippen LogP contribution in [0.3, 0.4) is 0 Å². The second kappa shape index (κ2) is 2.33. The summed E-state index contributed by atoms with van der Waals surface area (Å²) in [6.45, 7) is 0. The standard InChI is InChI=1S/C10H9NO/c1-2-10(12)6-5-8-4-3-7-11-9(8)10/h1,3-4,7,12H,5-6H2/t10-/m1/s1. The zero-order valence-electron chi connectivity index (χ0n) is 6.62. The van der Waals surface area contributed by atoms with Gasteiger partial charge in [-0.05, 0) is 24.5 Å². The van der Waals surface area contributed by atoms with Gasteiger partial charge in [-0.25, -0.2) is 0 Å². The molecule has 0 amide bonds. The lowest BCUT2D eigenvalue weighted by Gasteiger charge is -2.14.